The predicted molar refractivity (Wildman–Crippen MR) is 135 cm³/mol. The maximum atomic E-state index is 12.8. The second-order valence-electron chi connectivity index (χ2n) is 8.83. The number of rotatable bonds is 15. The molecule has 2 rings (SSSR count). The smallest absolute Gasteiger partial charge is 0.305 e. The normalized spacial score (nSPS) is 14.5. The number of benzene rings is 2. The number of hydrogen-bond acceptors (Lipinski definition) is 6. The first kappa shape index (κ1) is 28.1. The van der Waals surface area contributed by atoms with E-state index in [1.54, 1.807) is 25.1 Å². The Morgan fingerprint density at radius 3 is 2.46 bits per heavy atom. The number of aliphatic hydroxyl groups excluding tert-OH is 1. The number of hydrogen-bond donors (Lipinski definition) is 5. The minimum atomic E-state index is -1.08. The van der Waals surface area contributed by atoms with E-state index < -0.39 is 30.1 Å². The van der Waals surface area contributed by atoms with Crippen LogP contribution < -0.4 is 15.4 Å². The maximum absolute atomic E-state index is 12.8. The van der Waals surface area contributed by atoms with Crippen LogP contribution in [0.15, 0.2) is 48.5 Å². The Balaban J connectivity index is 1.88. The molecule has 8 heteroatoms. The van der Waals surface area contributed by atoms with Gasteiger partial charge in [-0.05, 0) is 68.3 Å². The summed E-state index contributed by atoms with van der Waals surface area (Å²) in [6, 6.07) is 13.6. The fourth-order valence-corrected chi connectivity index (χ4v) is 4.06. The highest BCUT2D eigenvalue weighted by Gasteiger charge is 2.26. The van der Waals surface area contributed by atoms with Crippen molar-refractivity contribution in [2.75, 3.05) is 13.7 Å². The summed E-state index contributed by atoms with van der Waals surface area (Å²) in [7, 11) is 1.48. The van der Waals surface area contributed by atoms with Gasteiger partial charge in [0.2, 0.25) is 5.91 Å². The highest BCUT2D eigenvalue weighted by Crippen LogP contribution is 2.27. The van der Waals surface area contributed by atoms with Gasteiger partial charge in [-0.3, -0.25) is 9.59 Å². The number of nitrogens with one attached hydrogen (secondary N) is 2. The SMILES string of the molecule is CCC(CC(O)C(C)NC(=O)C(CC(=O)O)NCCCc1ccc(O)c(OC)c1)c1ccccc1. The van der Waals surface area contributed by atoms with E-state index >= 15 is 0 Å². The highest BCUT2D eigenvalue weighted by atomic mass is 16.5. The summed E-state index contributed by atoms with van der Waals surface area (Å²) < 4.78 is 5.11. The largest absolute Gasteiger partial charge is 0.504 e. The molecule has 0 aliphatic rings. The van der Waals surface area contributed by atoms with Gasteiger partial charge in [-0.2, -0.15) is 0 Å². The lowest BCUT2D eigenvalue weighted by Gasteiger charge is -2.26. The van der Waals surface area contributed by atoms with Gasteiger partial charge in [-0.1, -0.05) is 43.3 Å². The Morgan fingerprint density at radius 1 is 1.11 bits per heavy atom. The summed E-state index contributed by atoms with van der Waals surface area (Å²) in [5, 5.41) is 35.5. The van der Waals surface area contributed by atoms with E-state index in [9.17, 15) is 24.9 Å². The molecule has 192 valence electrons. The molecule has 0 heterocycles. The lowest BCUT2D eigenvalue weighted by atomic mass is 9.89. The van der Waals surface area contributed by atoms with Gasteiger partial charge >= 0.3 is 5.97 Å². The summed E-state index contributed by atoms with van der Waals surface area (Å²) in [6.07, 6.45) is 1.55. The molecule has 8 nitrogen and oxygen atoms in total. The quantitative estimate of drug-likeness (QED) is 0.245. The van der Waals surface area contributed by atoms with E-state index in [1.807, 2.05) is 30.3 Å². The number of ether oxygens (including phenoxy) is 1. The van der Waals surface area contributed by atoms with Crippen LogP contribution >= 0.6 is 0 Å². The van der Waals surface area contributed by atoms with Crippen molar-refractivity contribution < 1.29 is 29.6 Å². The number of aliphatic hydroxyl groups is 1. The molecule has 35 heavy (non-hydrogen) atoms. The number of methoxy groups -OCH3 is 1. The fraction of sp³-hybridized carbons (Fsp3) is 0.481. The average molecular weight is 487 g/mol. The van der Waals surface area contributed by atoms with Gasteiger partial charge in [0.05, 0.1) is 31.7 Å². The molecule has 0 aromatic heterocycles. The molecule has 5 N–H and O–H groups in total. The average Bonchev–Trinajstić information content (AvgIpc) is 2.85. The van der Waals surface area contributed by atoms with Crippen molar-refractivity contribution in [2.45, 2.75) is 70.1 Å². The molecular weight excluding hydrogens is 448 g/mol. The van der Waals surface area contributed by atoms with Gasteiger partial charge in [0.1, 0.15) is 0 Å². The summed E-state index contributed by atoms with van der Waals surface area (Å²) >= 11 is 0. The van der Waals surface area contributed by atoms with Crippen molar-refractivity contribution in [3.8, 4) is 11.5 Å². The van der Waals surface area contributed by atoms with Crippen molar-refractivity contribution in [3.63, 3.8) is 0 Å². The molecule has 2 aromatic rings. The molecule has 0 spiro atoms. The third kappa shape index (κ3) is 9.22. The number of aliphatic carboxylic acids is 1. The molecule has 0 radical (unpaired) electrons. The zero-order valence-electron chi connectivity index (χ0n) is 20.7. The van der Waals surface area contributed by atoms with E-state index in [4.69, 9.17) is 4.74 Å². The van der Waals surface area contributed by atoms with Crippen molar-refractivity contribution >= 4 is 11.9 Å². The molecule has 0 saturated carbocycles. The number of phenols is 1. The van der Waals surface area contributed by atoms with Gasteiger partial charge < -0.3 is 30.7 Å². The van der Waals surface area contributed by atoms with Crippen LogP contribution in [-0.4, -0.2) is 59.0 Å². The second kappa shape index (κ2) is 14.3. The van der Waals surface area contributed by atoms with E-state index in [1.165, 1.54) is 7.11 Å². The van der Waals surface area contributed by atoms with Crippen LogP contribution in [0.5, 0.6) is 11.5 Å². The number of phenolic OH excluding ortho intramolecular Hbond substituents is 1. The summed E-state index contributed by atoms with van der Waals surface area (Å²) in [6.45, 7) is 4.22. The van der Waals surface area contributed by atoms with E-state index in [-0.39, 0.29) is 18.1 Å². The molecule has 0 aliphatic heterocycles. The van der Waals surface area contributed by atoms with Gasteiger partial charge in [-0.25, -0.2) is 0 Å². The van der Waals surface area contributed by atoms with Crippen LogP contribution in [-0.2, 0) is 16.0 Å². The van der Waals surface area contributed by atoms with Crippen LogP contribution in [0.4, 0.5) is 0 Å². The van der Waals surface area contributed by atoms with Gasteiger partial charge in [0.25, 0.3) is 0 Å². The Bertz CT molecular complexity index is 937. The molecule has 2 aromatic carbocycles. The monoisotopic (exact) mass is 486 g/mol. The number of carbonyl (C=O) groups excluding carboxylic acids is 1. The molecule has 0 aliphatic carbocycles. The minimum Gasteiger partial charge on any atom is -0.504 e. The molecule has 0 bridgehead atoms. The minimum absolute atomic E-state index is 0.0675. The summed E-state index contributed by atoms with van der Waals surface area (Å²) in [5.41, 5.74) is 2.10. The third-order valence-electron chi connectivity index (χ3n) is 6.21. The standard InChI is InChI=1S/C27H38N2O6/c1-4-20(21-10-6-5-7-11-21)16-24(31)18(2)29-27(34)22(17-26(32)33)28-14-8-9-19-12-13-23(30)25(15-19)35-3/h5-7,10-13,15,18,20,22,24,28,30-31H,4,8-9,14,16-17H2,1-3H3,(H,29,34)(H,32,33). The van der Waals surface area contributed by atoms with E-state index in [0.29, 0.717) is 31.6 Å². The lowest BCUT2D eigenvalue weighted by Crippen LogP contribution is -2.51. The van der Waals surface area contributed by atoms with Crippen LogP contribution in [0, 0.1) is 0 Å². The Labute approximate surface area is 207 Å². The molecule has 4 atom stereocenters. The van der Waals surface area contributed by atoms with Crippen molar-refractivity contribution in [2.24, 2.45) is 0 Å². The number of carboxylic acid groups (broad SMARTS) is 1. The summed E-state index contributed by atoms with van der Waals surface area (Å²) in [4.78, 5) is 24.1. The predicted octanol–water partition coefficient (Wildman–Crippen LogP) is 3.22. The van der Waals surface area contributed by atoms with Gasteiger partial charge in [-0.15, -0.1) is 0 Å². The van der Waals surface area contributed by atoms with Crippen LogP contribution in [0.2, 0.25) is 0 Å². The number of carbonyl (C=O) groups is 2. The first-order valence-electron chi connectivity index (χ1n) is 12.1. The van der Waals surface area contributed by atoms with Crippen molar-refractivity contribution in [1.29, 1.82) is 0 Å². The van der Waals surface area contributed by atoms with Crippen molar-refractivity contribution in [1.82, 2.24) is 10.6 Å². The third-order valence-corrected chi connectivity index (χ3v) is 6.21. The number of carboxylic acids is 1. The highest BCUT2D eigenvalue weighted by molar-refractivity contribution is 5.86. The Morgan fingerprint density at radius 2 is 1.83 bits per heavy atom. The van der Waals surface area contributed by atoms with Crippen molar-refractivity contribution in [3.05, 3.63) is 59.7 Å². The first-order chi connectivity index (χ1) is 16.7. The zero-order chi connectivity index (χ0) is 25.8. The molecule has 0 fully saturated rings. The second-order valence-corrected chi connectivity index (χ2v) is 8.83. The van der Waals surface area contributed by atoms with E-state index in [2.05, 4.69) is 17.6 Å². The molecule has 4 unspecified atom stereocenters. The van der Waals surface area contributed by atoms with Crippen LogP contribution in [0.1, 0.15) is 56.6 Å². The number of amides is 1. The Hall–Kier alpha value is -3.10. The molecular formula is C27H38N2O6. The number of aryl methyl sites for hydroxylation is 1. The maximum Gasteiger partial charge on any atom is 0.305 e. The van der Waals surface area contributed by atoms with E-state index in [0.717, 1.165) is 17.5 Å². The fourth-order valence-electron chi connectivity index (χ4n) is 4.06. The first-order valence-corrected chi connectivity index (χ1v) is 12.1. The summed E-state index contributed by atoms with van der Waals surface area (Å²) in [5.74, 6) is -0.902. The number of aromatic hydroxyl groups is 1. The van der Waals surface area contributed by atoms with Gasteiger partial charge in [0.15, 0.2) is 11.5 Å². The molecule has 0 saturated heterocycles. The topological polar surface area (TPSA) is 128 Å². The Kier molecular flexibility index (Phi) is 11.5. The molecule has 1 amide bonds. The van der Waals surface area contributed by atoms with Crippen LogP contribution in [0.3, 0.4) is 0 Å². The van der Waals surface area contributed by atoms with Gasteiger partial charge in [0, 0.05) is 0 Å². The lowest BCUT2D eigenvalue weighted by molar-refractivity contribution is -0.140. The zero-order valence-corrected chi connectivity index (χ0v) is 20.7. The van der Waals surface area contributed by atoms with Crippen LogP contribution in [0.25, 0.3) is 0 Å².